The van der Waals surface area contributed by atoms with Gasteiger partial charge in [-0.2, -0.15) is 0 Å². The first-order valence-corrected chi connectivity index (χ1v) is 9.12. The van der Waals surface area contributed by atoms with E-state index in [4.69, 9.17) is 14.2 Å². The first-order valence-electron chi connectivity index (χ1n) is 9.12. The molecule has 0 saturated heterocycles. The summed E-state index contributed by atoms with van der Waals surface area (Å²) < 4.78 is 16.1. The first-order chi connectivity index (χ1) is 14.1. The lowest BCUT2D eigenvalue weighted by Crippen LogP contribution is -2.43. The number of hydrogen-bond donors (Lipinski definition) is 2. The Morgan fingerprint density at radius 1 is 0.862 bits per heavy atom. The zero-order valence-electron chi connectivity index (χ0n) is 16.2. The van der Waals surface area contributed by atoms with Crippen molar-refractivity contribution in [2.45, 2.75) is 6.92 Å². The van der Waals surface area contributed by atoms with E-state index >= 15 is 0 Å². The second-order valence-corrected chi connectivity index (χ2v) is 6.10. The van der Waals surface area contributed by atoms with Crippen LogP contribution in [0.3, 0.4) is 0 Å². The van der Waals surface area contributed by atoms with Crippen molar-refractivity contribution in [3.05, 3.63) is 66.2 Å². The summed E-state index contributed by atoms with van der Waals surface area (Å²) in [5.74, 6) is 0.584. The van der Waals surface area contributed by atoms with Gasteiger partial charge in [-0.15, -0.1) is 0 Å². The van der Waals surface area contributed by atoms with Gasteiger partial charge in [-0.3, -0.25) is 20.4 Å². The number of carbonyl (C=O) groups is 2. The zero-order valence-corrected chi connectivity index (χ0v) is 16.2. The van der Waals surface area contributed by atoms with Crippen molar-refractivity contribution in [3.8, 4) is 17.2 Å². The van der Waals surface area contributed by atoms with E-state index in [2.05, 4.69) is 10.9 Å². The molecule has 0 aromatic heterocycles. The maximum Gasteiger partial charge on any atom is 0.276 e. The van der Waals surface area contributed by atoms with E-state index < -0.39 is 11.8 Å². The Morgan fingerprint density at radius 2 is 1.66 bits per heavy atom. The van der Waals surface area contributed by atoms with Gasteiger partial charge in [0.1, 0.15) is 5.75 Å². The quantitative estimate of drug-likeness (QED) is 0.602. The minimum Gasteiger partial charge on any atom is -0.493 e. The molecule has 0 unspecified atom stereocenters. The molecule has 2 amide bonds. The van der Waals surface area contributed by atoms with Crippen LogP contribution in [0.5, 0.6) is 17.2 Å². The minimum absolute atomic E-state index is 0.231. The van der Waals surface area contributed by atoms with Crippen LogP contribution in [0.25, 0.3) is 10.8 Å². The molecule has 0 aliphatic heterocycles. The SMILES string of the molecule is CCOc1ccc(C(=O)NNC(=O)COc2ccc3ccccc3c2)cc1OC. The van der Waals surface area contributed by atoms with Gasteiger partial charge in [-0.25, -0.2) is 0 Å². The van der Waals surface area contributed by atoms with E-state index in [1.165, 1.54) is 13.2 Å². The fraction of sp³-hybridized carbons (Fsp3) is 0.182. The lowest BCUT2D eigenvalue weighted by Gasteiger charge is -2.12. The molecule has 7 heteroatoms. The van der Waals surface area contributed by atoms with E-state index in [1.807, 2.05) is 43.3 Å². The Hall–Kier alpha value is -3.74. The van der Waals surface area contributed by atoms with Crippen LogP contribution in [-0.4, -0.2) is 32.1 Å². The Morgan fingerprint density at radius 3 is 2.41 bits per heavy atom. The van der Waals surface area contributed by atoms with Crippen LogP contribution in [0.2, 0.25) is 0 Å². The van der Waals surface area contributed by atoms with Crippen molar-refractivity contribution >= 4 is 22.6 Å². The van der Waals surface area contributed by atoms with Crippen molar-refractivity contribution in [3.63, 3.8) is 0 Å². The number of rotatable bonds is 7. The molecule has 7 nitrogen and oxygen atoms in total. The van der Waals surface area contributed by atoms with Crippen LogP contribution in [-0.2, 0) is 4.79 Å². The smallest absolute Gasteiger partial charge is 0.276 e. The van der Waals surface area contributed by atoms with Gasteiger partial charge in [0.05, 0.1) is 13.7 Å². The highest BCUT2D eigenvalue weighted by Gasteiger charge is 2.12. The fourth-order valence-corrected chi connectivity index (χ4v) is 2.72. The van der Waals surface area contributed by atoms with E-state index in [0.29, 0.717) is 29.4 Å². The highest BCUT2D eigenvalue weighted by Crippen LogP contribution is 2.28. The monoisotopic (exact) mass is 394 g/mol. The lowest BCUT2D eigenvalue weighted by molar-refractivity contribution is -0.123. The van der Waals surface area contributed by atoms with Crippen LogP contribution in [0.4, 0.5) is 0 Å². The van der Waals surface area contributed by atoms with Gasteiger partial charge in [0.2, 0.25) is 0 Å². The highest BCUT2D eigenvalue weighted by atomic mass is 16.5. The fourth-order valence-electron chi connectivity index (χ4n) is 2.72. The summed E-state index contributed by atoms with van der Waals surface area (Å²) in [5.41, 5.74) is 5.00. The number of methoxy groups -OCH3 is 1. The topological polar surface area (TPSA) is 85.9 Å². The molecular weight excluding hydrogens is 372 g/mol. The standard InChI is InChI=1S/C22H22N2O5/c1-3-28-19-11-9-17(13-20(19)27-2)22(26)24-23-21(25)14-29-18-10-8-15-6-4-5-7-16(15)12-18/h4-13H,3,14H2,1-2H3,(H,23,25)(H,24,26). The Labute approximate surface area is 168 Å². The van der Waals surface area contributed by atoms with E-state index in [-0.39, 0.29) is 6.61 Å². The molecule has 0 bridgehead atoms. The molecule has 0 fully saturated rings. The molecule has 0 spiro atoms. The Bertz CT molecular complexity index is 1020. The molecular formula is C22H22N2O5. The van der Waals surface area contributed by atoms with Crippen LogP contribution in [0.15, 0.2) is 60.7 Å². The van der Waals surface area contributed by atoms with Crippen LogP contribution in [0.1, 0.15) is 17.3 Å². The molecule has 0 atom stereocenters. The molecule has 0 heterocycles. The Balaban J connectivity index is 1.52. The number of nitrogens with one attached hydrogen (secondary N) is 2. The van der Waals surface area contributed by atoms with Crippen LogP contribution < -0.4 is 25.1 Å². The summed E-state index contributed by atoms with van der Waals surface area (Å²) in [4.78, 5) is 24.2. The summed E-state index contributed by atoms with van der Waals surface area (Å²) >= 11 is 0. The number of fused-ring (bicyclic) bond motifs is 1. The summed E-state index contributed by atoms with van der Waals surface area (Å²) in [7, 11) is 1.49. The molecule has 0 radical (unpaired) electrons. The molecule has 3 aromatic carbocycles. The van der Waals surface area contributed by atoms with Gasteiger partial charge in [-0.05, 0) is 48.0 Å². The number of hydrazine groups is 1. The molecule has 0 aliphatic carbocycles. The normalized spacial score (nSPS) is 10.3. The number of amides is 2. The van der Waals surface area contributed by atoms with Gasteiger partial charge in [0, 0.05) is 5.56 Å². The minimum atomic E-state index is -0.482. The second kappa shape index (κ2) is 9.45. The van der Waals surface area contributed by atoms with E-state index in [9.17, 15) is 9.59 Å². The van der Waals surface area contributed by atoms with Gasteiger partial charge < -0.3 is 14.2 Å². The first kappa shape index (κ1) is 20.0. The third-order valence-electron chi connectivity index (χ3n) is 4.13. The molecule has 3 aromatic rings. The predicted octanol–water partition coefficient (Wildman–Crippen LogP) is 3.09. The number of hydrogen-bond acceptors (Lipinski definition) is 5. The second-order valence-electron chi connectivity index (χ2n) is 6.10. The Kier molecular flexibility index (Phi) is 6.52. The van der Waals surface area contributed by atoms with E-state index in [0.717, 1.165) is 10.8 Å². The average molecular weight is 394 g/mol. The molecule has 3 rings (SSSR count). The summed E-state index contributed by atoms with van der Waals surface area (Å²) in [6.07, 6.45) is 0. The molecule has 2 N–H and O–H groups in total. The van der Waals surface area contributed by atoms with Crippen molar-refractivity contribution in [1.82, 2.24) is 10.9 Å². The number of carbonyl (C=O) groups excluding carboxylic acids is 2. The maximum atomic E-state index is 12.2. The molecule has 150 valence electrons. The van der Waals surface area contributed by atoms with Crippen LogP contribution in [0, 0.1) is 0 Å². The van der Waals surface area contributed by atoms with Gasteiger partial charge in [-0.1, -0.05) is 30.3 Å². The van der Waals surface area contributed by atoms with Crippen molar-refractivity contribution in [1.29, 1.82) is 0 Å². The summed E-state index contributed by atoms with van der Waals surface area (Å²) in [6, 6.07) is 18.2. The average Bonchev–Trinajstić information content (AvgIpc) is 2.76. The molecule has 29 heavy (non-hydrogen) atoms. The highest BCUT2D eigenvalue weighted by molar-refractivity contribution is 5.96. The molecule has 0 saturated carbocycles. The van der Waals surface area contributed by atoms with Gasteiger partial charge in [0.15, 0.2) is 18.1 Å². The molecule has 0 aliphatic rings. The van der Waals surface area contributed by atoms with Gasteiger partial charge >= 0.3 is 0 Å². The third-order valence-corrected chi connectivity index (χ3v) is 4.13. The summed E-state index contributed by atoms with van der Waals surface area (Å²) in [5, 5.41) is 2.10. The maximum absolute atomic E-state index is 12.2. The van der Waals surface area contributed by atoms with Gasteiger partial charge in [0.25, 0.3) is 11.8 Å². The number of ether oxygens (including phenoxy) is 3. The zero-order chi connectivity index (χ0) is 20.6. The van der Waals surface area contributed by atoms with E-state index in [1.54, 1.807) is 18.2 Å². The van der Waals surface area contributed by atoms with Crippen molar-refractivity contribution in [2.24, 2.45) is 0 Å². The van der Waals surface area contributed by atoms with Crippen LogP contribution >= 0.6 is 0 Å². The third kappa shape index (κ3) is 5.16. The van der Waals surface area contributed by atoms with Crippen molar-refractivity contribution < 1.29 is 23.8 Å². The largest absolute Gasteiger partial charge is 0.493 e. The van der Waals surface area contributed by atoms with Crippen molar-refractivity contribution in [2.75, 3.05) is 20.3 Å². The number of benzene rings is 3. The lowest BCUT2D eigenvalue weighted by atomic mass is 10.1. The predicted molar refractivity (Wildman–Crippen MR) is 109 cm³/mol. The summed E-state index contributed by atoms with van der Waals surface area (Å²) in [6.45, 7) is 2.11.